The minimum atomic E-state index is -1.46. The summed E-state index contributed by atoms with van der Waals surface area (Å²) in [5, 5.41) is 36.0. The Morgan fingerprint density at radius 2 is 2.07 bits per heavy atom. The lowest BCUT2D eigenvalue weighted by atomic mass is 9.97. The largest absolute Gasteiger partial charge is 0.394 e. The van der Waals surface area contributed by atoms with Crippen molar-refractivity contribution in [3.63, 3.8) is 0 Å². The molecule has 10 heteroatoms. The molecular formula is C18H23N3O7. The lowest BCUT2D eigenvalue weighted by Crippen LogP contribution is -2.64. The van der Waals surface area contributed by atoms with Crippen molar-refractivity contribution >= 4 is 23.2 Å². The van der Waals surface area contributed by atoms with Crippen molar-refractivity contribution in [1.29, 1.82) is 0 Å². The number of nitrogens with one attached hydrogen (secondary N) is 1. The summed E-state index contributed by atoms with van der Waals surface area (Å²) < 4.78 is 5.44. The number of carbonyl (C=O) groups is 2. The lowest BCUT2D eigenvalue weighted by Gasteiger charge is -2.40. The van der Waals surface area contributed by atoms with E-state index < -0.39 is 43.2 Å². The van der Waals surface area contributed by atoms with Gasteiger partial charge in [-0.2, -0.15) is 0 Å². The Morgan fingerprint density at radius 3 is 2.71 bits per heavy atom. The molecule has 152 valence electrons. The van der Waals surface area contributed by atoms with Crippen molar-refractivity contribution in [3.05, 3.63) is 29.3 Å². The second-order valence-corrected chi connectivity index (χ2v) is 6.86. The van der Waals surface area contributed by atoms with Gasteiger partial charge in [-0.15, -0.1) is 0 Å². The van der Waals surface area contributed by atoms with Crippen LogP contribution in [0.4, 0.5) is 5.69 Å². The van der Waals surface area contributed by atoms with E-state index in [4.69, 9.17) is 9.57 Å². The molecule has 0 bridgehead atoms. The molecule has 10 nitrogen and oxygen atoms in total. The third-order valence-corrected chi connectivity index (χ3v) is 4.77. The SMILES string of the molecule is CC(=O)N[C@H]1[C@@H](ON=C2C(=O)N(C)c3ccc(C)cc32)O[C@@H](CO)[C@@H](O)[C@H]1O. The van der Waals surface area contributed by atoms with Gasteiger partial charge in [0.25, 0.3) is 5.91 Å². The zero-order valence-electron chi connectivity index (χ0n) is 15.7. The molecule has 0 aliphatic carbocycles. The van der Waals surface area contributed by atoms with Crippen LogP contribution < -0.4 is 10.2 Å². The lowest BCUT2D eigenvalue weighted by molar-refractivity contribution is -0.270. The van der Waals surface area contributed by atoms with Gasteiger partial charge in [-0.25, -0.2) is 0 Å². The second kappa shape index (κ2) is 7.84. The quantitative estimate of drug-likeness (QED) is 0.463. The first kappa shape index (κ1) is 20.2. The normalized spacial score (nSPS) is 31.1. The van der Waals surface area contributed by atoms with Gasteiger partial charge in [0.05, 0.1) is 12.3 Å². The van der Waals surface area contributed by atoms with Crippen molar-refractivity contribution in [1.82, 2.24) is 5.32 Å². The molecule has 28 heavy (non-hydrogen) atoms. The average Bonchev–Trinajstić information content (AvgIpc) is 2.88. The molecule has 2 aliphatic heterocycles. The zero-order valence-corrected chi connectivity index (χ0v) is 15.7. The molecule has 0 unspecified atom stereocenters. The van der Waals surface area contributed by atoms with E-state index in [1.165, 1.54) is 11.8 Å². The summed E-state index contributed by atoms with van der Waals surface area (Å²) in [6.45, 7) is 2.53. The molecule has 2 heterocycles. The van der Waals surface area contributed by atoms with Crippen LogP contribution in [-0.2, 0) is 19.2 Å². The Hall–Kier alpha value is -2.53. The van der Waals surface area contributed by atoms with Gasteiger partial charge in [0, 0.05) is 19.5 Å². The number of hydrogen-bond donors (Lipinski definition) is 4. The maximum absolute atomic E-state index is 12.5. The molecular weight excluding hydrogens is 370 g/mol. The van der Waals surface area contributed by atoms with Crippen LogP contribution in [0, 0.1) is 6.92 Å². The van der Waals surface area contributed by atoms with Crippen LogP contribution in [-0.4, -0.2) is 77.1 Å². The molecule has 1 saturated heterocycles. The van der Waals surface area contributed by atoms with Gasteiger partial charge in [-0.3, -0.25) is 9.59 Å². The number of nitrogens with zero attached hydrogens (tertiary/aromatic N) is 2. The van der Waals surface area contributed by atoms with Gasteiger partial charge in [0.1, 0.15) is 24.4 Å². The van der Waals surface area contributed by atoms with E-state index in [-0.39, 0.29) is 11.6 Å². The number of fused-ring (bicyclic) bond motifs is 1. The fourth-order valence-corrected chi connectivity index (χ4v) is 3.27. The van der Waals surface area contributed by atoms with Gasteiger partial charge >= 0.3 is 0 Å². The molecule has 1 aromatic rings. The highest BCUT2D eigenvalue weighted by Crippen LogP contribution is 2.30. The molecule has 2 aliphatic rings. The molecule has 1 fully saturated rings. The molecule has 5 atom stereocenters. The first-order valence-electron chi connectivity index (χ1n) is 8.77. The number of oxime groups is 1. The zero-order chi connectivity index (χ0) is 20.6. The average molecular weight is 393 g/mol. The minimum Gasteiger partial charge on any atom is -0.394 e. The molecule has 0 radical (unpaired) electrons. The van der Waals surface area contributed by atoms with Crippen LogP contribution in [0.25, 0.3) is 0 Å². The Kier molecular flexibility index (Phi) is 5.66. The summed E-state index contributed by atoms with van der Waals surface area (Å²) in [5.74, 6) is -0.868. The first-order valence-corrected chi connectivity index (χ1v) is 8.77. The predicted molar refractivity (Wildman–Crippen MR) is 97.6 cm³/mol. The van der Waals surface area contributed by atoms with Crippen LogP contribution in [0.1, 0.15) is 18.1 Å². The number of likely N-dealkylation sites (N-methyl/N-ethyl adjacent to an activating group) is 1. The van der Waals surface area contributed by atoms with E-state index in [2.05, 4.69) is 10.5 Å². The van der Waals surface area contributed by atoms with Gasteiger partial charge in [-0.1, -0.05) is 16.8 Å². The molecule has 2 amide bonds. The van der Waals surface area contributed by atoms with Crippen molar-refractivity contribution in [2.45, 2.75) is 44.5 Å². The first-order chi connectivity index (χ1) is 13.2. The summed E-state index contributed by atoms with van der Waals surface area (Å²) in [6.07, 6.45) is -5.35. The summed E-state index contributed by atoms with van der Waals surface area (Å²) in [6, 6.07) is 4.31. The van der Waals surface area contributed by atoms with Crippen LogP contribution in [0.15, 0.2) is 23.4 Å². The topological polar surface area (TPSA) is 141 Å². The van der Waals surface area contributed by atoms with Crippen molar-refractivity contribution in [2.75, 3.05) is 18.6 Å². The standard InChI is InChI=1S/C18H23N3O7/c1-8-4-5-11-10(6-8)13(17(26)21(11)3)20-28-18-14(19-9(2)23)16(25)15(24)12(7-22)27-18/h4-6,12,14-16,18,22,24-25H,7H2,1-3H3,(H,19,23)/t12-,14+,15+,16-,18+/m0/s1. The highest BCUT2D eigenvalue weighted by Gasteiger charge is 2.46. The Bertz CT molecular complexity index is 812. The summed E-state index contributed by atoms with van der Waals surface area (Å²) >= 11 is 0. The fraction of sp³-hybridized carbons (Fsp3) is 0.500. The summed E-state index contributed by atoms with van der Waals surface area (Å²) in [5.41, 5.74) is 2.23. The number of aryl methyl sites for hydroxylation is 1. The number of amides is 2. The van der Waals surface area contributed by atoms with Crippen molar-refractivity contribution in [3.8, 4) is 0 Å². The maximum atomic E-state index is 12.5. The monoisotopic (exact) mass is 393 g/mol. The molecule has 1 aromatic carbocycles. The van der Waals surface area contributed by atoms with E-state index >= 15 is 0 Å². The van der Waals surface area contributed by atoms with E-state index in [1.54, 1.807) is 19.2 Å². The Morgan fingerprint density at radius 1 is 1.36 bits per heavy atom. The summed E-state index contributed by atoms with van der Waals surface area (Å²) in [4.78, 5) is 30.8. The van der Waals surface area contributed by atoms with E-state index in [9.17, 15) is 24.9 Å². The third-order valence-electron chi connectivity index (χ3n) is 4.77. The van der Waals surface area contributed by atoms with E-state index in [0.29, 0.717) is 11.3 Å². The number of ether oxygens (including phenoxy) is 1. The van der Waals surface area contributed by atoms with Crippen LogP contribution >= 0.6 is 0 Å². The molecule has 0 spiro atoms. The summed E-state index contributed by atoms with van der Waals surface area (Å²) in [7, 11) is 1.61. The maximum Gasteiger partial charge on any atom is 0.280 e. The highest BCUT2D eigenvalue weighted by molar-refractivity contribution is 6.54. The number of rotatable bonds is 4. The molecule has 0 saturated carbocycles. The second-order valence-electron chi connectivity index (χ2n) is 6.86. The van der Waals surface area contributed by atoms with Gasteiger partial charge in [0.15, 0.2) is 5.71 Å². The predicted octanol–water partition coefficient (Wildman–Crippen LogP) is -1.36. The molecule has 4 N–H and O–H groups in total. The number of benzene rings is 1. The fourth-order valence-electron chi connectivity index (χ4n) is 3.27. The minimum absolute atomic E-state index is 0.0486. The number of aliphatic hydroxyl groups is 3. The Labute approximate surface area is 161 Å². The van der Waals surface area contributed by atoms with Crippen molar-refractivity contribution in [2.24, 2.45) is 5.16 Å². The molecule has 0 aromatic heterocycles. The van der Waals surface area contributed by atoms with Crippen LogP contribution in [0.5, 0.6) is 0 Å². The van der Waals surface area contributed by atoms with Crippen LogP contribution in [0.2, 0.25) is 0 Å². The Balaban J connectivity index is 1.89. The van der Waals surface area contributed by atoms with E-state index in [1.807, 2.05) is 13.0 Å². The highest BCUT2D eigenvalue weighted by atomic mass is 16.8. The number of carbonyl (C=O) groups excluding carboxylic acids is 2. The number of aliphatic hydroxyl groups excluding tert-OH is 3. The molecule has 3 rings (SSSR count). The number of anilines is 1. The van der Waals surface area contributed by atoms with Gasteiger partial charge in [0.2, 0.25) is 12.2 Å². The van der Waals surface area contributed by atoms with Crippen molar-refractivity contribution < 1.29 is 34.5 Å². The smallest absolute Gasteiger partial charge is 0.280 e. The van der Waals surface area contributed by atoms with E-state index in [0.717, 1.165) is 5.56 Å². The third kappa shape index (κ3) is 3.59. The van der Waals surface area contributed by atoms with Gasteiger partial charge in [-0.05, 0) is 19.1 Å². The van der Waals surface area contributed by atoms with Gasteiger partial charge < -0.3 is 35.1 Å². The number of hydrogen-bond acceptors (Lipinski definition) is 8. The van der Waals surface area contributed by atoms with Crippen LogP contribution in [0.3, 0.4) is 0 Å².